The predicted octanol–water partition coefficient (Wildman–Crippen LogP) is 4.63. The second-order valence-electron chi connectivity index (χ2n) is 8.28. The molecule has 1 amide bonds. The Morgan fingerprint density at radius 1 is 1.25 bits per heavy atom. The number of nitrogens with zero attached hydrogens (tertiary/aromatic N) is 2. The van der Waals surface area contributed by atoms with Gasteiger partial charge in [0.2, 0.25) is 6.41 Å². The van der Waals surface area contributed by atoms with Crippen LogP contribution >= 0.6 is 0 Å². The quantitative estimate of drug-likeness (QED) is 0.391. The molecule has 0 radical (unpaired) electrons. The number of carbonyl (C=O) groups is 1. The van der Waals surface area contributed by atoms with Gasteiger partial charge in [-0.3, -0.25) is 4.79 Å². The summed E-state index contributed by atoms with van der Waals surface area (Å²) < 4.78 is 11.3. The first kappa shape index (κ1) is 24.0. The van der Waals surface area contributed by atoms with E-state index in [4.69, 9.17) is 9.47 Å². The fourth-order valence-electron chi connectivity index (χ4n) is 4.24. The van der Waals surface area contributed by atoms with Crippen LogP contribution < -0.4 is 15.4 Å². The summed E-state index contributed by atoms with van der Waals surface area (Å²) in [4.78, 5) is 11.2. The molecule has 0 fully saturated rings. The van der Waals surface area contributed by atoms with Crippen LogP contribution in [0.15, 0.2) is 18.2 Å². The van der Waals surface area contributed by atoms with E-state index < -0.39 is 0 Å². The van der Waals surface area contributed by atoms with Crippen molar-refractivity contribution < 1.29 is 14.3 Å². The average molecular weight is 441 g/mol. The van der Waals surface area contributed by atoms with Crippen LogP contribution in [0.1, 0.15) is 69.1 Å². The van der Waals surface area contributed by atoms with Gasteiger partial charge in [-0.25, -0.2) is 0 Å². The summed E-state index contributed by atoms with van der Waals surface area (Å²) in [5, 5.41) is 15.8. The zero-order chi connectivity index (χ0) is 22.8. The zero-order valence-corrected chi connectivity index (χ0v) is 19.6. The summed E-state index contributed by atoms with van der Waals surface area (Å²) in [5.74, 6) is 1.57. The van der Waals surface area contributed by atoms with Crippen molar-refractivity contribution in [2.45, 2.75) is 78.0 Å². The molecule has 3 rings (SSSR count). The average Bonchev–Trinajstić information content (AvgIpc) is 2.91. The molecular weight excluding hydrogens is 404 g/mol. The third-order valence-electron chi connectivity index (χ3n) is 6.08. The summed E-state index contributed by atoms with van der Waals surface area (Å²) in [6.45, 7) is 6.00. The van der Waals surface area contributed by atoms with E-state index in [1.54, 1.807) is 7.11 Å². The van der Waals surface area contributed by atoms with Gasteiger partial charge in [-0.05, 0) is 55.0 Å². The molecule has 0 aliphatic carbocycles. The molecule has 0 bridgehead atoms. The number of hydrogen-bond acceptors (Lipinski definition) is 6. The number of benzene rings is 1. The SMILES string of the molecule is CCCCCC(CC)Nc1nnc2c(c1CNC=O)CCCOCc1cc(OC)ccc1-2. The number of fused-ring (bicyclic) bond motifs is 3. The lowest BCUT2D eigenvalue weighted by molar-refractivity contribution is -0.109. The van der Waals surface area contributed by atoms with Crippen molar-refractivity contribution in [1.82, 2.24) is 15.5 Å². The molecule has 1 aliphatic heterocycles. The molecule has 0 spiro atoms. The Morgan fingerprint density at radius 3 is 2.88 bits per heavy atom. The number of unbranched alkanes of at least 4 members (excludes halogenated alkanes) is 2. The van der Waals surface area contributed by atoms with Crippen molar-refractivity contribution in [2.24, 2.45) is 0 Å². The lowest BCUT2D eigenvalue weighted by Gasteiger charge is -2.22. The maximum absolute atomic E-state index is 11.2. The highest BCUT2D eigenvalue weighted by Crippen LogP contribution is 2.34. The van der Waals surface area contributed by atoms with Gasteiger partial charge in [-0.15, -0.1) is 10.2 Å². The van der Waals surface area contributed by atoms with E-state index in [0.717, 1.165) is 71.6 Å². The number of rotatable bonds is 11. The largest absolute Gasteiger partial charge is 0.497 e. The topological polar surface area (TPSA) is 85.4 Å². The van der Waals surface area contributed by atoms with E-state index in [0.29, 0.717) is 25.8 Å². The van der Waals surface area contributed by atoms with Gasteiger partial charge >= 0.3 is 0 Å². The Labute approximate surface area is 191 Å². The fraction of sp³-hybridized carbons (Fsp3) is 0.560. The molecule has 7 nitrogen and oxygen atoms in total. The predicted molar refractivity (Wildman–Crippen MR) is 127 cm³/mol. The van der Waals surface area contributed by atoms with Gasteiger partial charge in [-0.1, -0.05) is 33.1 Å². The van der Waals surface area contributed by atoms with E-state index in [1.807, 2.05) is 18.2 Å². The molecule has 0 saturated heterocycles. The Balaban J connectivity index is 2.04. The van der Waals surface area contributed by atoms with Crippen LogP contribution in [0.3, 0.4) is 0 Å². The lowest BCUT2D eigenvalue weighted by atomic mass is 9.95. The number of carbonyl (C=O) groups excluding carboxylic acids is 1. The standard InChI is InChI=1S/C25H36N4O3/c1-4-6-7-9-19(5-2)27-25-23(15-26-17-30)22-10-8-13-32-16-18-14-20(31-3)11-12-21(18)24(22)28-29-25/h11-12,14,17,19H,4-10,13,15-16H2,1-3H3,(H,26,30)(H,27,29). The second kappa shape index (κ2) is 12.4. The number of methoxy groups -OCH3 is 1. The van der Waals surface area contributed by atoms with Crippen molar-refractivity contribution in [3.63, 3.8) is 0 Å². The van der Waals surface area contributed by atoms with Crippen molar-refractivity contribution in [3.05, 3.63) is 34.9 Å². The van der Waals surface area contributed by atoms with Gasteiger partial charge in [0.25, 0.3) is 0 Å². The van der Waals surface area contributed by atoms with Crippen LogP contribution in [0.2, 0.25) is 0 Å². The Morgan fingerprint density at radius 2 is 2.12 bits per heavy atom. The van der Waals surface area contributed by atoms with Crippen molar-refractivity contribution in [1.29, 1.82) is 0 Å². The first-order valence-electron chi connectivity index (χ1n) is 11.8. The third kappa shape index (κ3) is 5.97. The van der Waals surface area contributed by atoms with E-state index >= 15 is 0 Å². The second-order valence-corrected chi connectivity index (χ2v) is 8.28. The molecule has 2 N–H and O–H groups in total. The van der Waals surface area contributed by atoms with E-state index in [-0.39, 0.29) is 0 Å². The summed E-state index contributed by atoms with van der Waals surface area (Å²) >= 11 is 0. The van der Waals surface area contributed by atoms with E-state index in [9.17, 15) is 4.79 Å². The zero-order valence-electron chi connectivity index (χ0n) is 19.6. The molecule has 1 unspecified atom stereocenters. The van der Waals surface area contributed by atoms with Gasteiger partial charge in [-0.2, -0.15) is 0 Å². The molecule has 2 aromatic rings. The van der Waals surface area contributed by atoms with Crippen LogP contribution in [-0.2, 0) is 29.1 Å². The van der Waals surface area contributed by atoms with Gasteiger partial charge in [0, 0.05) is 30.3 Å². The Bertz CT molecular complexity index is 888. The summed E-state index contributed by atoms with van der Waals surface area (Å²) in [7, 11) is 1.66. The van der Waals surface area contributed by atoms with Gasteiger partial charge in [0.1, 0.15) is 5.75 Å². The minimum absolute atomic E-state index is 0.333. The third-order valence-corrected chi connectivity index (χ3v) is 6.08. The van der Waals surface area contributed by atoms with Crippen molar-refractivity contribution in [3.8, 4) is 17.0 Å². The van der Waals surface area contributed by atoms with Crippen LogP contribution in [0.25, 0.3) is 11.3 Å². The van der Waals surface area contributed by atoms with Crippen LogP contribution in [0.5, 0.6) is 5.75 Å². The molecule has 1 atom stereocenters. The number of anilines is 1. The number of aromatic nitrogens is 2. The molecule has 1 aromatic heterocycles. The molecule has 2 heterocycles. The molecule has 1 aliphatic rings. The van der Waals surface area contributed by atoms with Gasteiger partial charge in [0.15, 0.2) is 5.82 Å². The number of hydrogen-bond donors (Lipinski definition) is 2. The lowest BCUT2D eigenvalue weighted by Crippen LogP contribution is -2.23. The van der Waals surface area contributed by atoms with Crippen molar-refractivity contribution in [2.75, 3.05) is 19.0 Å². The van der Waals surface area contributed by atoms with Gasteiger partial charge < -0.3 is 20.1 Å². The molecule has 174 valence electrons. The number of nitrogens with one attached hydrogen (secondary N) is 2. The van der Waals surface area contributed by atoms with E-state index in [2.05, 4.69) is 34.7 Å². The van der Waals surface area contributed by atoms with Crippen LogP contribution in [0, 0.1) is 0 Å². The number of amides is 1. The number of ether oxygens (including phenoxy) is 2. The smallest absolute Gasteiger partial charge is 0.207 e. The van der Waals surface area contributed by atoms with Crippen molar-refractivity contribution >= 4 is 12.2 Å². The molecule has 7 heteroatoms. The molecule has 1 aromatic carbocycles. The first-order valence-corrected chi connectivity index (χ1v) is 11.8. The fourth-order valence-corrected chi connectivity index (χ4v) is 4.24. The normalized spacial score (nSPS) is 14.2. The maximum atomic E-state index is 11.2. The Hall–Kier alpha value is -2.67. The van der Waals surface area contributed by atoms with E-state index in [1.165, 1.54) is 19.3 Å². The summed E-state index contributed by atoms with van der Waals surface area (Å²) in [6, 6.07) is 6.31. The summed E-state index contributed by atoms with van der Waals surface area (Å²) in [5.41, 5.74) is 5.03. The minimum Gasteiger partial charge on any atom is -0.497 e. The highest BCUT2D eigenvalue weighted by Gasteiger charge is 2.22. The monoisotopic (exact) mass is 440 g/mol. The molecule has 0 saturated carbocycles. The first-order chi connectivity index (χ1) is 15.7. The molecular formula is C25H36N4O3. The van der Waals surface area contributed by atoms with Crippen LogP contribution in [-0.4, -0.2) is 36.4 Å². The van der Waals surface area contributed by atoms with Gasteiger partial charge in [0.05, 0.1) is 19.4 Å². The highest BCUT2D eigenvalue weighted by molar-refractivity contribution is 5.71. The minimum atomic E-state index is 0.333. The molecule has 32 heavy (non-hydrogen) atoms. The highest BCUT2D eigenvalue weighted by atomic mass is 16.5. The Kier molecular flexibility index (Phi) is 9.28. The van der Waals surface area contributed by atoms with Crippen LogP contribution in [0.4, 0.5) is 5.82 Å². The maximum Gasteiger partial charge on any atom is 0.207 e. The summed E-state index contributed by atoms with van der Waals surface area (Å²) in [6.07, 6.45) is 8.17.